The van der Waals surface area contributed by atoms with Crippen LogP contribution in [0.25, 0.3) is 0 Å². The zero-order chi connectivity index (χ0) is 13.3. The van der Waals surface area contributed by atoms with Crippen LogP contribution in [0.3, 0.4) is 0 Å². The maximum absolute atomic E-state index is 6.17. The van der Waals surface area contributed by atoms with E-state index in [9.17, 15) is 0 Å². The Morgan fingerprint density at radius 2 is 2.22 bits per heavy atom. The SMILES string of the molecule is CC1CN(Cc2cnc(Cl)cc2Cl)CC(C)(C)O1. The molecule has 2 rings (SSSR count). The summed E-state index contributed by atoms with van der Waals surface area (Å²) < 4.78 is 5.88. The van der Waals surface area contributed by atoms with E-state index in [1.54, 1.807) is 12.3 Å². The maximum atomic E-state index is 6.17. The highest BCUT2D eigenvalue weighted by Crippen LogP contribution is 2.25. The average Bonchev–Trinajstić information content (AvgIpc) is 2.19. The van der Waals surface area contributed by atoms with Crippen molar-refractivity contribution < 1.29 is 4.74 Å². The Balaban J connectivity index is 2.09. The lowest BCUT2D eigenvalue weighted by Gasteiger charge is -2.41. The molecule has 0 amide bonds. The molecule has 1 aromatic rings. The van der Waals surface area contributed by atoms with E-state index in [-0.39, 0.29) is 11.7 Å². The van der Waals surface area contributed by atoms with Gasteiger partial charge >= 0.3 is 0 Å². The number of pyridine rings is 1. The molecule has 0 bridgehead atoms. The zero-order valence-corrected chi connectivity index (χ0v) is 12.4. The molecule has 0 aromatic carbocycles. The van der Waals surface area contributed by atoms with Crippen molar-refractivity contribution in [3.8, 4) is 0 Å². The van der Waals surface area contributed by atoms with Crippen molar-refractivity contribution in [2.24, 2.45) is 0 Å². The molecule has 1 saturated heterocycles. The lowest BCUT2D eigenvalue weighted by atomic mass is 10.0. The summed E-state index contributed by atoms with van der Waals surface area (Å²) >= 11 is 12.0. The molecule has 0 N–H and O–H groups in total. The molecular formula is C13H18Cl2N2O. The highest BCUT2D eigenvalue weighted by atomic mass is 35.5. The molecule has 1 unspecified atom stereocenters. The largest absolute Gasteiger partial charge is 0.370 e. The first-order valence-corrected chi connectivity index (χ1v) is 6.81. The number of hydrogen-bond acceptors (Lipinski definition) is 3. The van der Waals surface area contributed by atoms with Gasteiger partial charge in [-0.2, -0.15) is 0 Å². The first-order chi connectivity index (χ1) is 8.35. The lowest BCUT2D eigenvalue weighted by molar-refractivity contribution is -0.130. The standard InChI is InChI=1S/C13H18Cl2N2O/c1-9-6-17(8-13(2,3)18-9)7-10-5-16-12(15)4-11(10)14/h4-5,9H,6-8H2,1-3H3. The van der Waals surface area contributed by atoms with Gasteiger partial charge in [0.15, 0.2) is 0 Å². The molecule has 1 aliphatic rings. The molecule has 100 valence electrons. The van der Waals surface area contributed by atoms with E-state index < -0.39 is 0 Å². The predicted octanol–water partition coefficient (Wildman–Crippen LogP) is 3.39. The third kappa shape index (κ3) is 3.58. The first kappa shape index (κ1) is 14.1. The van der Waals surface area contributed by atoms with E-state index in [1.807, 2.05) is 0 Å². The third-order valence-corrected chi connectivity index (χ3v) is 3.49. The second-order valence-electron chi connectivity index (χ2n) is 5.46. The summed E-state index contributed by atoms with van der Waals surface area (Å²) in [6, 6.07) is 1.69. The van der Waals surface area contributed by atoms with Crippen molar-refractivity contribution in [3.05, 3.63) is 28.0 Å². The fraction of sp³-hybridized carbons (Fsp3) is 0.615. The molecule has 1 aliphatic heterocycles. The maximum Gasteiger partial charge on any atom is 0.130 e. The van der Waals surface area contributed by atoms with E-state index in [1.165, 1.54) is 0 Å². The van der Waals surface area contributed by atoms with Crippen LogP contribution in [0.2, 0.25) is 10.2 Å². The number of rotatable bonds is 2. The van der Waals surface area contributed by atoms with Crippen molar-refractivity contribution in [3.63, 3.8) is 0 Å². The highest BCUT2D eigenvalue weighted by molar-refractivity contribution is 6.34. The highest BCUT2D eigenvalue weighted by Gasteiger charge is 2.31. The average molecular weight is 289 g/mol. The van der Waals surface area contributed by atoms with Crippen molar-refractivity contribution in [2.75, 3.05) is 13.1 Å². The first-order valence-electron chi connectivity index (χ1n) is 6.06. The van der Waals surface area contributed by atoms with Gasteiger partial charge in [0.25, 0.3) is 0 Å². The summed E-state index contributed by atoms with van der Waals surface area (Å²) in [6.07, 6.45) is 1.98. The number of ether oxygens (including phenoxy) is 1. The van der Waals surface area contributed by atoms with E-state index in [0.29, 0.717) is 10.2 Å². The summed E-state index contributed by atoms with van der Waals surface area (Å²) in [5.74, 6) is 0. The van der Waals surface area contributed by atoms with Crippen molar-refractivity contribution >= 4 is 23.2 Å². The minimum absolute atomic E-state index is 0.121. The topological polar surface area (TPSA) is 25.4 Å². The van der Waals surface area contributed by atoms with Crippen molar-refractivity contribution in [1.82, 2.24) is 9.88 Å². The summed E-state index contributed by atoms with van der Waals surface area (Å²) in [5.41, 5.74) is 0.884. The van der Waals surface area contributed by atoms with Gasteiger partial charge in [-0.15, -0.1) is 0 Å². The van der Waals surface area contributed by atoms with Gasteiger partial charge in [-0.1, -0.05) is 23.2 Å². The molecule has 1 fully saturated rings. The second-order valence-corrected chi connectivity index (χ2v) is 6.25. The van der Waals surface area contributed by atoms with Gasteiger partial charge < -0.3 is 4.74 Å². The third-order valence-electron chi connectivity index (χ3n) is 2.93. The van der Waals surface area contributed by atoms with Crippen LogP contribution in [0, 0.1) is 0 Å². The van der Waals surface area contributed by atoms with Crippen LogP contribution in [0.5, 0.6) is 0 Å². The Labute approximate surface area is 118 Å². The van der Waals surface area contributed by atoms with Crippen molar-refractivity contribution in [1.29, 1.82) is 0 Å². The minimum Gasteiger partial charge on any atom is -0.370 e. The molecule has 1 aromatic heterocycles. The zero-order valence-electron chi connectivity index (χ0n) is 10.9. The van der Waals surface area contributed by atoms with Crippen LogP contribution in [0.1, 0.15) is 26.3 Å². The number of halogens is 2. The fourth-order valence-corrected chi connectivity index (χ4v) is 2.92. The number of hydrogen-bond donors (Lipinski definition) is 0. The van der Waals surface area contributed by atoms with Gasteiger partial charge in [-0.25, -0.2) is 4.98 Å². The molecule has 18 heavy (non-hydrogen) atoms. The van der Waals surface area contributed by atoms with Gasteiger partial charge in [-0.3, -0.25) is 4.90 Å². The smallest absolute Gasteiger partial charge is 0.130 e. The summed E-state index contributed by atoms with van der Waals surface area (Å²) in [7, 11) is 0. The van der Waals surface area contributed by atoms with Crippen LogP contribution in [-0.4, -0.2) is 34.7 Å². The molecular weight excluding hydrogens is 271 g/mol. The fourth-order valence-electron chi connectivity index (χ4n) is 2.50. The molecule has 1 atom stereocenters. The van der Waals surface area contributed by atoms with E-state index in [2.05, 4.69) is 30.7 Å². The van der Waals surface area contributed by atoms with E-state index in [0.717, 1.165) is 25.2 Å². The molecule has 0 spiro atoms. The van der Waals surface area contributed by atoms with Crippen molar-refractivity contribution in [2.45, 2.75) is 39.0 Å². The molecule has 0 saturated carbocycles. The lowest BCUT2D eigenvalue weighted by Crippen LogP contribution is -2.51. The van der Waals surface area contributed by atoms with Gasteiger partial charge in [0.05, 0.1) is 11.7 Å². The van der Waals surface area contributed by atoms with E-state index in [4.69, 9.17) is 27.9 Å². The second kappa shape index (κ2) is 5.33. The molecule has 5 heteroatoms. The summed E-state index contributed by atoms with van der Waals surface area (Å²) in [5, 5.41) is 1.10. The Morgan fingerprint density at radius 3 is 2.83 bits per heavy atom. The summed E-state index contributed by atoms with van der Waals surface area (Å²) in [6.45, 7) is 8.88. The summed E-state index contributed by atoms with van der Waals surface area (Å²) in [4.78, 5) is 6.42. The van der Waals surface area contributed by atoms with Gasteiger partial charge in [0.2, 0.25) is 0 Å². The number of morpholine rings is 1. The van der Waals surface area contributed by atoms with Crippen LogP contribution in [0.15, 0.2) is 12.3 Å². The molecule has 0 radical (unpaired) electrons. The van der Waals surface area contributed by atoms with E-state index >= 15 is 0 Å². The number of nitrogens with zero attached hydrogens (tertiary/aromatic N) is 2. The Hall–Kier alpha value is -0.350. The van der Waals surface area contributed by atoms with Crippen LogP contribution in [-0.2, 0) is 11.3 Å². The van der Waals surface area contributed by atoms with Crippen LogP contribution in [0.4, 0.5) is 0 Å². The normalized spacial score (nSPS) is 24.2. The van der Waals surface area contributed by atoms with Gasteiger partial charge in [-0.05, 0) is 26.8 Å². The monoisotopic (exact) mass is 288 g/mol. The quantitative estimate of drug-likeness (QED) is 0.780. The van der Waals surface area contributed by atoms with Crippen LogP contribution < -0.4 is 0 Å². The minimum atomic E-state index is -0.121. The van der Waals surface area contributed by atoms with Gasteiger partial charge in [0.1, 0.15) is 5.15 Å². The predicted molar refractivity (Wildman–Crippen MR) is 74.2 cm³/mol. The number of aromatic nitrogens is 1. The Bertz CT molecular complexity index is 437. The van der Waals surface area contributed by atoms with Gasteiger partial charge in [0, 0.05) is 36.4 Å². The molecule has 3 nitrogen and oxygen atoms in total. The molecule has 0 aliphatic carbocycles. The Morgan fingerprint density at radius 1 is 1.50 bits per heavy atom. The van der Waals surface area contributed by atoms with Crippen LogP contribution >= 0.6 is 23.2 Å². The Kier molecular flexibility index (Phi) is 4.17. The molecule has 2 heterocycles.